The molecule has 2 heterocycles. The SMILES string of the molecule is CCC(c1nc2ccc(F)cc2[nH]1)N1CCCCCC1. The number of rotatable bonds is 3. The van der Waals surface area contributed by atoms with Crippen LogP contribution in [-0.4, -0.2) is 28.0 Å². The maximum atomic E-state index is 13.3. The summed E-state index contributed by atoms with van der Waals surface area (Å²) in [6, 6.07) is 5.07. The lowest BCUT2D eigenvalue weighted by Gasteiger charge is -2.28. The minimum absolute atomic E-state index is 0.212. The number of aromatic amines is 1. The average molecular weight is 275 g/mol. The van der Waals surface area contributed by atoms with Crippen LogP contribution in [-0.2, 0) is 0 Å². The van der Waals surface area contributed by atoms with E-state index in [1.54, 1.807) is 6.07 Å². The zero-order valence-electron chi connectivity index (χ0n) is 12.0. The molecule has 0 radical (unpaired) electrons. The van der Waals surface area contributed by atoms with Crippen molar-refractivity contribution in [3.8, 4) is 0 Å². The molecular formula is C16H22FN3. The number of likely N-dealkylation sites (tertiary alicyclic amines) is 1. The van der Waals surface area contributed by atoms with E-state index in [1.807, 2.05) is 0 Å². The number of nitrogens with zero attached hydrogens (tertiary/aromatic N) is 2. The number of hydrogen-bond acceptors (Lipinski definition) is 2. The van der Waals surface area contributed by atoms with Crippen LogP contribution >= 0.6 is 0 Å². The molecule has 3 nitrogen and oxygen atoms in total. The predicted octanol–water partition coefficient (Wildman–Crippen LogP) is 4.03. The number of halogens is 1. The van der Waals surface area contributed by atoms with Crippen molar-refractivity contribution in [2.45, 2.75) is 45.1 Å². The average Bonchev–Trinajstić information content (AvgIpc) is 2.67. The fraction of sp³-hybridized carbons (Fsp3) is 0.562. The molecule has 1 fully saturated rings. The second kappa shape index (κ2) is 5.92. The van der Waals surface area contributed by atoms with Gasteiger partial charge in [-0.05, 0) is 50.6 Å². The summed E-state index contributed by atoms with van der Waals surface area (Å²) < 4.78 is 13.3. The molecule has 1 aromatic carbocycles. The van der Waals surface area contributed by atoms with Gasteiger partial charge in [0.2, 0.25) is 0 Å². The van der Waals surface area contributed by atoms with Gasteiger partial charge in [0.25, 0.3) is 0 Å². The minimum Gasteiger partial charge on any atom is -0.341 e. The minimum atomic E-state index is -0.212. The zero-order chi connectivity index (χ0) is 13.9. The number of fused-ring (bicyclic) bond motifs is 1. The normalized spacial score (nSPS) is 19.1. The van der Waals surface area contributed by atoms with Crippen LogP contribution in [0.5, 0.6) is 0 Å². The Morgan fingerprint density at radius 2 is 2.00 bits per heavy atom. The highest BCUT2D eigenvalue weighted by Crippen LogP contribution is 2.27. The monoisotopic (exact) mass is 275 g/mol. The highest BCUT2D eigenvalue weighted by molar-refractivity contribution is 5.75. The molecule has 1 unspecified atom stereocenters. The van der Waals surface area contributed by atoms with Gasteiger partial charge < -0.3 is 4.98 Å². The topological polar surface area (TPSA) is 31.9 Å². The van der Waals surface area contributed by atoms with Crippen molar-refractivity contribution < 1.29 is 4.39 Å². The van der Waals surface area contributed by atoms with Crippen LogP contribution in [0.3, 0.4) is 0 Å². The van der Waals surface area contributed by atoms with Crippen molar-refractivity contribution in [3.05, 3.63) is 29.8 Å². The first-order valence-electron chi connectivity index (χ1n) is 7.67. The van der Waals surface area contributed by atoms with Gasteiger partial charge >= 0.3 is 0 Å². The van der Waals surface area contributed by atoms with E-state index in [1.165, 1.54) is 37.8 Å². The molecule has 0 spiro atoms. The molecule has 0 amide bonds. The Labute approximate surface area is 119 Å². The van der Waals surface area contributed by atoms with Gasteiger partial charge in [-0.25, -0.2) is 9.37 Å². The van der Waals surface area contributed by atoms with Crippen molar-refractivity contribution in [3.63, 3.8) is 0 Å². The molecule has 108 valence electrons. The van der Waals surface area contributed by atoms with Crippen LogP contribution in [0.4, 0.5) is 4.39 Å². The second-order valence-corrected chi connectivity index (χ2v) is 5.66. The van der Waals surface area contributed by atoms with Crippen LogP contribution in [0.25, 0.3) is 11.0 Å². The van der Waals surface area contributed by atoms with Gasteiger partial charge in [0, 0.05) is 0 Å². The van der Waals surface area contributed by atoms with E-state index >= 15 is 0 Å². The summed E-state index contributed by atoms with van der Waals surface area (Å²) in [5.41, 5.74) is 1.66. The summed E-state index contributed by atoms with van der Waals surface area (Å²) in [5.74, 6) is 0.769. The van der Waals surface area contributed by atoms with E-state index in [9.17, 15) is 4.39 Å². The zero-order valence-corrected chi connectivity index (χ0v) is 12.0. The molecular weight excluding hydrogens is 253 g/mol. The van der Waals surface area contributed by atoms with Crippen LogP contribution < -0.4 is 0 Å². The molecule has 0 saturated carbocycles. The Kier molecular flexibility index (Phi) is 4.01. The Balaban J connectivity index is 1.89. The highest BCUT2D eigenvalue weighted by Gasteiger charge is 2.22. The van der Waals surface area contributed by atoms with Crippen LogP contribution in [0.1, 0.15) is 50.9 Å². The van der Waals surface area contributed by atoms with Crippen molar-refractivity contribution in [1.82, 2.24) is 14.9 Å². The number of nitrogens with one attached hydrogen (secondary N) is 1. The Hall–Kier alpha value is -1.42. The molecule has 0 aliphatic carbocycles. The lowest BCUT2D eigenvalue weighted by molar-refractivity contribution is 0.193. The van der Waals surface area contributed by atoms with Crippen LogP contribution in [0.15, 0.2) is 18.2 Å². The summed E-state index contributed by atoms with van der Waals surface area (Å²) in [6.45, 7) is 4.48. The van der Waals surface area contributed by atoms with Crippen molar-refractivity contribution >= 4 is 11.0 Å². The molecule has 2 aromatic rings. The van der Waals surface area contributed by atoms with E-state index in [0.717, 1.165) is 36.4 Å². The summed E-state index contributed by atoms with van der Waals surface area (Å²) in [4.78, 5) is 10.5. The fourth-order valence-electron chi connectivity index (χ4n) is 3.19. The standard InChI is InChI=1S/C16H22FN3/c1-2-15(20-9-5-3-4-6-10-20)16-18-13-8-7-12(17)11-14(13)19-16/h7-8,11,15H,2-6,9-10H2,1H3,(H,18,19). The largest absolute Gasteiger partial charge is 0.341 e. The van der Waals surface area contributed by atoms with Gasteiger partial charge in [-0.3, -0.25) is 4.90 Å². The van der Waals surface area contributed by atoms with Crippen LogP contribution in [0.2, 0.25) is 0 Å². The molecule has 1 aliphatic rings. The first-order chi connectivity index (χ1) is 9.78. The molecule has 1 aliphatic heterocycles. The van der Waals surface area contributed by atoms with E-state index in [4.69, 9.17) is 0 Å². The number of hydrogen-bond donors (Lipinski definition) is 1. The smallest absolute Gasteiger partial charge is 0.125 e. The van der Waals surface area contributed by atoms with E-state index < -0.39 is 0 Å². The van der Waals surface area contributed by atoms with Gasteiger partial charge in [-0.1, -0.05) is 19.8 Å². The van der Waals surface area contributed by atoms with Crippen molar-refractivity contribution in [2.75, 3.05) is 13.1 Å². The van der Waals surface area contributed by atoms with Gasteiger partial charge in [-0.2, -0.15) is 0 Å². The third kappa shape index (κ3) is 2.70. The lowest BCUT2D eigenvalue weighted by Crippen LogP contribution is -2.30. The summed E-state index contributed by atoms with van der Waals surface area (Å²) in [6.07, 6.45) is 6.23. The van der Waals surface area contributed by atoms with Crippen LogP contribution in [0, 0.1) is 5.82 Å². The molecule has 1 saturated heterocycles. The molecule has 0 bridgehead atoms. The van der Waals surface area contributed by atoms with Gasteiger partial charge in [-0.15, -0.1) is 0 Å². The first kappa shape index (κ1) is 13.6. The number of benzene rings is 1. The van der Waals surface area contributed by atoms with E-state index in [-0.39, 0.29) is 5.82 Å². The second-order valence-electron chi connectivity index (χ2n) is 5.66. The fourth-order valence-corrected chi connectivity index (χ4v) is 3.19. The predicted molar refractivity (Wildman–Crippen MR) is 79.1 cm³/mol. The van der Waals surface area contributed by atoms with Gasteiger partial charge in [0.15, 0.2) is 0 Å². The van der Waals surface area contributed by atoms with E-state index in [0.29, 0.717) is 6.04 Å². The summed E-state index contributed by atoms with van der Waals surface area (Å²) >= 11 is 0. The third-order valence-electron chi connectivity index (χ3n) is 4.25. The third-order valence-corrected chi connectivity index (χ3v) is 4.25. The molecule has 20 heavy (non-hydrogen) atoms. The number of aromatic nitrogens is 2. The Morgan fingerprint density at radius 3 is 2.70 bits per heavy atom. The molecule has 4 heteroatoms. The summed E-state index contributed by atoms with van der Waals surface area (Å²) in [7, 11) is 0. The van der Waals surface area contributed by atoms with Crippen molar-refractivity contribution in [2.24, 2.45) is 0 Å². The van der Waals surface area contributed by atoms with E-state index in [2.05, 4.69) is 21.8 Å². The number of H-pyrrole nitrogens is 1. The molecule has 1 aromatic heterocycles. The molecule has 1 N–H and O–H groups in total. The maximum absolute atomic E-state index is 13.3. The lowest BCUT2D eigenvalue weighted by atomic mass is 10.1. The quantitative estimate of drug-likeness (QED) is 0.917. The summed E-state index contributed by atoms with van der Waals surface area (Å²) in [5, 5.41) is 0. The molecule has 1 atom stereocenters. The maximum Gasteiger partial charge on any atom is 0.125 e. The van der Waals surface area contributed by atoms with Gasteiger partial charge in [0.05, 0.1) is 17.1 Å². The van der Waals surface area contributed by atoms with Crippen molar-refractivity contribution in [1.29, 1.82) is 0 Å². The Morgan fingerprint density at radius 1 is 1.25 bits per heavy atom. The Bertz CT molecular complexity index is 570. The molecule has 3 rings (SSSR count). The first-order valence-corrected chi connectivity index (χ1v) is 7.67. The number of imidazole rings is 1. The highest BCUT2D eigenvalue weighted by atomic mass is 19.1. The van der Waals surface area contributed by atoms with Gasteiger partial charge in [0.1, 0.15) is 11.6 Å².